The number of nitrogens with one attached hydrogen (secondary N) is 1. The molecule has 0 aromatic rings. The maximum absolute atomic E-state index is 3.84. The van der Waals surface area contributed by atoms with Gasteiger partial charge in [0.05, 0.1) is 0 Å². The summed E-state index contributed by atoms with van der Waals surface area (Å²) in [5, 5.41) is 3.13. The van der Waals surface area contributed by atoms with E-state index >= 15 is 0 Å². The van der Waals surface area contributed by atoms with Gasteiger partial charge >= 0.3 is 0 Å². The first kappa shape index (κ1) is 9.28. The van der Waals surface area contributed by atoms with Gasteiger partial charge in [-0.2, -0.15) is 0 Å². The second-order valence-corrected chi connectivity index (χ2v) is 2.52. The molecule has 1 nitrogen and oxygen atoms in total. The molecule has 0 atom stereocenters. The van der Waals surface area contributed by atoms with E-state index in [1.807, 2.05) is 14.0 Å². The lowest BCUT2D eigenvalue weighted by atomic mass is 10.1. The topological polar surface area (TPSA) is 12.0 Å². The molecule has 0 bridgehead atoms. The van der Waals surface area contributed by atoms with E-state index in [2.05, 4.69) is 24.9 Å². The average Bonchev–Trinajstić information content (AvgIpc) is 1.90. The van der Waals surface area contributed by atoms with Crippen LogP contribution in [-0.2, 0) is 0 Å². The quantitative estimate of drug-likeness (QED) is 0.590. The van der Waals surface area contributed by atoms with Gasteiger partial charge in [0.2, 0.25) is 0 Å². The van der Waals surface area contributed by atoms with E-state index < -0.39 is 0 Å². The zero-order valence-electron chi connectivity index (χ0n) is 7.20. The zero-order valence-corrected chi connectivity index (χ0v) is 7.20. The van der Waals surface area contributed by atoms with Crippen LogP contribution in [0.3, 0.4) is 0 Å². The first-order chi connectivity index (χ1) is 4.70. The van der Waals surface area contributed by atoms with Crippen LogP contribution in [0.5, 0.6) is 0 Å². The maximum atomic E-state index is 3.84. The summed E-state index contributed by atoms with van der Waals surface area (Å²) < 4.78 is 0. The van der Waals surface area contributed by atoms with Crippen molar-refractivity contribution in [3.05, 3.63) is 23.9 Å². The van der Waals surface area contributed by atoms with Crippen LogP contribution in [0.1, 0.15) is 26.7 Å². The Morgan fingerprint density at radius 3 is 2.40 bits per heavy atom. The molecule has 0 aliphatic rings. The minimum absolute atomic E-state index is 1.08. The molecule has 0 aromatic carbocycles. The molecule has 0 heterocycles. The predicted molar refractivity (Wildman–Crippen MR) is 46.9 cm³/mol. The molecule has 0 spiro atoms. The van der Waals surface area contributed by atoms with Gasteiger partial charge in [0.15, 0.2) is 0 Å². The Kier molecular flexibility index (Phi) is 4.73. The van der Waals surface area contributed by atoms with Crippen molar-refractivity contribution in [2.75, 3.05) is 7.05 Å². The molecule has 0 amide bonds. The summed E-state index contributed by atoms with van der Waals surface area (Å²) >= 11 is 0. The SMILES string of the molecule is C=C(C)CC/C(=C\C)NC. The van der Waals surface area contributed by atoms with E-state index in [-0.39, 0.29) is 0 Å². The van der Waals surface area contributed by atoms with E-state index in [1.165, 1.54) is 11.3 Å². The second-order valence-electron chi connectivity index (χ2n) is 2.52. The predicted octanol–water partition coefficient (Wildman–Crippen LogP) is 2.47. The highest BCUT2D eigenvalue weighted by molar-refractivity contribution is 5.01. The minimum atomic E-state index is 1.08. The van der Waals surface area contributed by atoms with Gasteiger partial charge in [0.25, 0.3) is 0 Å². The fraction of sp³-hybridized carbons (Fsp3) is 0.556. The Morgan fingerprint density at radius 1 is 1.50 bits per heavy atom. The van der Waals surface area contributed by atoms with Crippen molar-refractivity contribution >= 4 is 0 Å². The molecular weight excluding hydrogens is 122 g/mol. The first-order valence-electron chi connectivity index (χ1n) is 3.68. The van der Waals surface area contributed by atoms with Crippen LogP contribution in [-0.4, -0.2) is 7.05 Å². The monoisotopic (exact) mass is 139 g/mol. The summed E-state index contributed by atoms with van der Waals surface area (Å²) in [5.41, 5.74) is 2.54. The molecule has 0 saturated heterocycles. The first-order valence-corrected chi connectivity index (χ1v) is 3.68. The van der Waals surface area contributed by atoms with Gasteiger partial charge in [-0.1, -0.05) is 11.6 Å². The molecule has 0 rings (SSSR count). The fourth-order valence-electron chi connectivity index (χ4n) is 0.762. The van der Waals surface area contributed by atoms with Gasteiger partial charge in [-0.3, -0.25) is 0 Å². The lowest BCUT2D eigenvalue weighted by molar-refractivity contribution is 0.828. The largest absolute Gasteiger partial charge is 0.392 e. The van der Waals surface area contributed by atoms with Crippen LogP contribution in [0.15, 0.2) is 23.9 Å². The molecule has 1 heteroatoms. The van der Waals surface area contributed by atoms with E-state index in [1.54, 1.807) is 0 Å². The molecule has 0 aromatic heterocycles. The zero-order chi connectivity index (χ0) is 7.98. The van der Waals surface area contributed by atoms with Gasteiger partial charge in [0.1, 0.15) is 0 Å². The highest BCUT2D eigenvalue weighted by atomic mass is 14.8. The third kappa shape index (κ3) is 4.19. The number of allylic oxidation sites excluding steroid dienone is 3. The lowest BCUT2D eigenvalue weighted by Crippen LogP contribution is -2.04. The van der Waals surface area contributed by atoms with Crippen molar-refractivity contribution in [3.8, 4) is 0 Å². The van der Waals surface area contributed by atoms with Crippen LogP contribution in [0, 0.1) is 0 Å². The highest BCUT2D eigenvalue weighted by Crippen LogP contribution is 2.06. The van der Waals surface area contributed by atoms with Crippen molar-refractivity contribution < 1.29 is 0 Å². The third-order valence-corrected chi connectivity index (χ3v) is 1.49. The maximum Gasteiger partial charge on any atom is 0.00639 e. The van der Waals surface area contributed by atoms with Gasteiger partial charge in [-0.05, 0) is 26.7 Å². The standard InChI is InChI=1S/C9H17N/c1-5-9(10-4)7-6-8(2)3/h5,10H,2,6-7H2,1,3-4H3/b9-5+. The van der Waals surface area contributed by atoms with Crippen LogP contribution in [0.2, 0.25) is 0 Å². The van der Waals surface area contributed by atoms with Crippen LogP contribution in [0.4, 0.5) is 0 Å². The molecule has 1 N–H and O–H groups in total. The minimum Gasteiger partial charge on any atom is -0.392 e. The summed E-state index contributed by atoms with van der Waals surface area (Å²) in [7, 11) is 1.95. The Balaban J connectivity index is 3.56. The Hall–Kier alpha value is -0.720. The Morgan fingerprint density at radius 2 is 2.10 bits per heavy atom. The molecule has 58 valence electrons. The van der Waals surface area contributed by atoms with Crippen LogP contribution >= 0.6 is 0 Å². The fourth-order valence-corrected chi connectivity index (χ4v) is 0.762. The van der Waals surface area contributed by atoms with E-state index in [9.17, 15) is 0 Å². The molecule has 10 heavy (non-hydrogen) atoms. The molecule has 0 saturated carbocycles. The molecule has 0 fully saturated rings. The van der Waals surface area contributed by atoms with Gasteiger partial charge in [0, 0.05) is 12.7 Å². The normalized spacial score (nSPS) is 11.3. The van der Waals surface area contributed by atoms with Crippen molar-refractivity contribution in [2.45, 2.75) is 26.7 Å². The second kappa shape index (κ2) is 5.10. The summed E-state index contributed by atoms with van der Waals surface area (Å²) in [6, 6.07) is 0. The number of hydrogen-bond donors (Lipinski definition) is 1. The summed E-state index contributed by atoms with van der Waals surface area (Å²) in [5.74, 6) is 0. The lowest BCUT2D eigenvalue weighted by Gasteiger charge is -2.04. The average molecular weight is 139 g/mol. The molecule has 0 radical (unpaired) electrons. The molecule has 0 unspecified atom stereocenters. The van der Waals surface area contributed by atoms with E-state index in [0.717, 1.165) is 12.8 Å². The third-order valence-electron chi connectivity index (χ3n) is 1.49. The van der Waals surface area contributed by atoms with Crippen molar-refractivity contribution in [2.24, 2.45) is 0 Å². The molecule has 0 aliphatic carbocycles. The van der Waals surface area contributed by atoms with Gasteiger partial charge < -0.3 is 5.32 Å². The molecule has 0 aliphatic heterocycles. The Bertz CT molecular complexity index is 134. The van der Waals surface area contributed by atoms with Crippen LogP contribution < -0.4 is 5.32 Å². The van der Waals surface area contributed by atoms with Gasteiger partial charge in [-0.15, -0.1) is 6.58 Å². The van der Waals surface area contributed by atoms with E-state index in [4.69, 9.17) is 0 Å². The number of rotatable bonds is 4. The summed E-state index contributed by atoms with van der Waals surface area (Å²) in [6.07, 6.45) is 4.27. The molecular formula is C9H17N. The summed E-state index contributed by atoms with van der Waals surface area (Å²) in [4.78, 5) is 0. The Labute approximate surface area is 63.8 Å². The van der Waals surface area contributed by atoms with E-state index in [0.29, 0.717) is 0 Å². The van der Waals surface area contributed by atoms with Gasteiger partial charge in [-0.25, -0.2) is 0 Å². The number of hydrogen-bond acceptors (Lipinski definition) is 1. The van der Waals surface area contributed by atoms with Crippen molar-refractivity contribution in [1.29, 1.82) is 0 Å². The van der Waals surface area contributed by atoms with Crippen molar-refractivity contribution in [1.82, 2.24) is 5.32 Å². The summed E-state index contributed by atoms with van der Waals surface area (Å²) in [6.45, 7) is 7.95. The van der Waals surface area contributed by atoms with Crippen molar-refractivity contribution in [3.63, 3.8) is 0 Å². The smallest absolute Gasteiger partial charge is 0.00639 e. The van der Waals surface area contributed by atoms with Crippen LogP contribution in [0.25, 0.3) is 0 Å². The highest BCUT2D eigenvalue weighted by Gasteiger charge is 1.91.